The number of amides is 2. The Labute approximate surface area is 204 Å². The summed E-state index contributed by atoms with van der Waals surface area (Å²) in [5.74, 6) is -1.60. The zero-order chi connectivity index (χ0) is 25.2. The molecule has 0 bridgehead atoms. The third-order valence-corrected chi connectivity index (χ3v) is 6.74. The molecule has 2 aromatic rings. The van der Waals surface area contributed by atoms with E-state index in [1.54, 1.807) is 38.1 Å². The number of imide groups is 1. The molecule has 1 saturated heterocycles. The quantitative estimate of drug-likeness (QED) is 0.557. The molecule has 2 aromatic carbocycles. The maximum absolute atomic E-state index is 13.4. The van der Waals surface area contributed by atoms with Gasteiger partial charge in [0.05, 0.1) is 24.2 Å². The number of ether oxygens (including phenoxy) is 2. The Morgan fingerprint density at radius 3 is 2.57 bits per heavy atom. The Kier molecular flexibility index (Phi) is 7.16. The number of carbonyl (C=O) groups is 3. The first kappa shape index (κ1) is 24.8. The summed E-state index contributed by atoms with van der Waals surface area (Å²) in [7, 11) is 0. The van der Waals surface area contributed by atoms with E-state index in [4.69, 9.17) is 15.2 Å². The van der Waals surface area contributed by atoms with Gasteiger partial charge in [-0.3, -0.25) is 19.7 Å². The van der Waals surface area contributed by atoms with Gasteiger partial charge in [-0.1, -0.05) is 55.8 Å². The molecule has 1 fully saturated rings. The molecule has 0 aromatic heterocycles. The van der Waals surface area contributed by atoms with Crippen molar-refractivity contribution in [3.63, 3.8) is 0 Å². The molecule has 0 spiro atoms. The predicted molar refractivity (Wildman–Crippen MR) is 128 cm³/mol. The lowest BCUT2D eigenvalue weighted by Crippen LogP contribution is -2.53. The molecule has 1 aliphatic carbocycles. The lowest BCUT2D eigenvalue weighted by atomic mass is 9.68. The number of aromatic hydroxyl groups is 1. The van der Waals surface area contributed by atoms with E-state index in [1.807, 2.05) is 18.2 Å². The van der Waals surface area contributed by atoms with Crippen LogP contribution >= 0.6 is 0 Å². The Balaban J connectivity index is 1.53. The molecule has 0 saturated carbocycles. The van der Waals surface area contributed by atoms with Crippen LogP contribution in [0.5, 0.6) is 5.75 Å². The van der Waals surface area contributed by atoms with Crippen LogP contribution in [-0.2, 0) is 31.9 Å². The number of benzene rings is 2. The molecule has 35 heavy (non-hydrogen) atoms. The highest BCUT2D eigenvalue weighted by atomic mass is 16.7. The van der Waals surface area contributed by atoms with Gasteiger partial charge in [0.2, 0.25) is 11.8 Å². The van der Waals surface area contributed by atoms with Crippen LogP contribution in [0.3, 0.4) is 0 Å². The van der Waals surface area contributed by atoms with Gasteiger partial charge in [-0.05, 0) is 42.2 Å². The van der Waals surface area contributed by atoms with Crippen LogP contribution in [-0.4, -0.2) is 48.2 Å². The fourth-order valence-corrected chi connectivity index (χ4v) is 4.82. The topological polar surface area (TPSA) is 128 Å². The van der Waals surface area contributed by atoms with E-state index < -0.39 is 35.3 Å². The monoisotopic (exact) mass is 478 g/mol. The number of ketones is 1. The molecule has 1 aliphatic heterocycles. The number of phenolic OH excluding ortho intramolecular Hbond substituents is 1. The molecular weight excluding hydrogens is 448 g/mol. The summed E-state index contributed by atoms with van der Waals surface area (Å²) >= 11 is 0. The highest BCUT2D eigenvalue weighted by molar-refractivity contribution is 6.07. The van der Waals surface area contributed by atoms with Crippen LogP contribution in [0.25, 0.3) is 0 Å². The van der Waals surface area contributed by atoms with Gasteiger partial charge in [0.15, 0.2) is 5.78 Å². The minimum Gasteiger partial charge on any atom is -0.508 e. The first-order valence-corrected chi connectivity index (χ1v) is 11.6. The highest BCUT2D eigenvalue weighted by Crippen LogP contribution is 2.41. The second-order valence-corrected chi connectivity index (χ2v) is 9.61. The van der Waals surface area contributed by atoms with Crippen molar-refractivity contribution in [2.75, 3.05) is 13.4 Å². The number of phenols is 1. The number of rotatable bonds is 7. The number of carbonyl (C=O) groups excluding carboxylic acids is 3. The van der Waals surface area contributed by atoms with Crippen LogP contribution in [0.4, 0.5) is 0 Å². The van der Waals surface area contributed by atoms with Crippen LogP contribution in [0, 0.1) is 11.3 Å². The van der Waals surface area contributed by atoms with E-state index in [0.29, 0.717) is 12.0 Å². The van der Waals surface area contributed by atoms with Crippen LogP contribution < -0.4 is 11.1 Å². The van der Waals surface area contributed by atoms with Crippen molar-refractivity contribution in [3.05, 3.63) is 76.9 Å². The normalized spacial score (nSPS) is 19.5. The number of fused-ring (bicyclic) bond motifs is 1. The van der Waals surface area contributed by atoms with E-state index in [2.05, 4.69) is 5.32 Å². The molecule has 0 radical (unpaired) electrons. The minimum atomic E-state index is -1.11. The van der Waals surface area contributed by atoms with Crippen molar-refractivity contribution in [3.8, 4) is 5.75 Å². The number of hydrogen-bond acceptors (Lipinski definition) is 7. The Hall–Kier alpha value is -3.33. The van der Waals surface area contributed by atoms with Crippen LogP contribution in [0.1, 0.15) is 35.3 Å². The average molecular weight is 479 g/mol. The van der Waals surface area contributed by atoms with E-state index in [1.165, 1.54) is 12.1 Å². The van der Waals surface area contributed by atoms with Crippen molar-refractivity contribution >= 4 is 17.6 Å². The molecule has 1 heterocycles. The van der Waals surface area contributed by atoms with Gasteiger partial charge in [0.25, 0.3) is 0 Å². The standard InChI is InChI=1S/C27H30N2O6/c1-27(2,26(33)29-25(32)21(28)11-16-7-9-19(30)10-8-16)24(23-14-34-15-35-23)18-12-17-5-3-4-6-20(17)22(31)13-18/h3-10,13,21,23-24,30H,11-12,14-15,28H2,1-2H3,(H,29,32,33)/t21-,23+,24?/m0/s1. The third-order valence-electron chi connectivity index (χ3n) is 6.74. The summed E-state index contributed by atoms with van der Waals surface area (Å²) in [6.45, 7) is 3.86. The summed E-state index contributed by atoms with van der Waals surface area (Å²) in [4.78, 5) is 39.0. The largest absolute Gasteiger partial charge is 0.508 e. The molecule has 8 nitrogen and oxygen atoms in total. The van der Waals surface area contributed by atoms with Crippen LogP contribution in [0.15, 0.2) is 60.2 Å². The van der Waals surface area contributed by atoms with Gasteiger partial charge < -0.3 is 20.3 Å². The first-order valence-electron chi connectivity index (χ1n) is 11.6. The van der Waals surface area contributed by atoms with Crippen molar-refractivity contribution in [2.24, 2.45) is 17.1 Å². The molecule has 1 unspecified atom stereocenters. The fraction of sp³-hybridized carbons (Fsp3) is 0.370. The lowest BCUT2D eigenvalue weighted by molar-refractivity contribution is -0.139. The second-order valence-electron chi connectivity index (χ2n) is 9.61. The maximum atomic E-state index is 13.4. The van der Waals surface area contributed by atoms with E-state index in [0.717, 1.165) is 16.7 Å². The maximum Gasteiger partial charge on any atom is 0.243 e. The minimum absolute atomic E-state index is 0.104. The zero-order valence-electron chi connectivity index (χ0n) is 19.8. The molecule has 2 amide bonds. The number of nitrogens with one attached hydrogen (secondary N) is 1. The summed E-state index contributed by atoms with van der Waals surface area (Å²) < 4.78 is 11.2. The van der Waals surface area contributed by atoms with Gasteiger partial charge in [-0.15, -0.1) is 0 Å². The Morgan fingerprint density at radius 2 is 1.89 bits per heavy atom. The van der Waals surface area contributed by atoms with Crippen molar-refractivity contribution < 1.29 is 29.0 Å². The lowest BCUT2D eigenvalue weighted by Gasteiger charge is -2.38. The zero-order valence-corrected chi connectivity index (χ0v) is 19.8. The van der Waals surface area contributed by atoms with Gasteiger partial charge in [-0.25, -0.2) is 0 Å². The number of hydrogen-bond donors (Lipinski definition) is 3. The molecule has 8 heteroatoms. The number of nitrogens with two attached hydrogens (primary N) is 1. The van der Waals surface area contributed by atoms with Crippen LogP contribution in [0.2, 0.25) is 0 Å². The van der Waals surface area contributed by atoms with E-state index in [-0.39, 0.29) is 31.4 Å². The average Bonchev–Trinajstić information content (AvgIpc) is 3.34. The fourth-order valence-electron chi connectivity index (χ4n) is 4.82. The van der Waals surface area contributed by atoms with E-state index >= 15 is 0 Å². The molecular formula is C27H30N2O6. The summed E-state index contributed by atoms with van der Waals surface area (Å²) in [5, 5.41) is 11.9. The SMILES string of the molecule is CC(C)(C(=O)NC(=O)[C@@H](N)Cc1ccc(O)cc1)C(C1=CC(=O)c2ccccc2C1)[C@H]1COCO1. The van der Waals surface area contributed by atoms with Crippen molar-refractivity contribution in [1.29, 1.82) is 0 Å². The summed E-state index contributed by atoms with van der Waals surface area (Å²) in [6.07, 6.45) is 1.85. The van der Waals surface area contributed by atoms with Gasteiger partial charge in [0, 0.05) is 11.5 Å². The predicted octanol–water partition coefficient (Wildman–Crippen LogP) is 2.29. The summed E-state index contributed by atoms with van der Waals surface area (Å²) in [6, 6.07) is 12.8. The second kappa shape index (κ2) is 10.1. The van der Waals surface area contributed by atoms with Crippen molar-refractivity contribution in [1.82, 2.24) is 5.32 Å². The highest BCUT2D eigenvalue weighted by Gasteiger charge is 2.46. The van der Waals surface area contributed by atoms with Gasteiger partial charge in [0.1, 0.15) is 12.5 Å². The van der Waals surface area contributed by atoms with E-state index in [9.17, 15) is 19.5 Å². The Morgan fingerprint density at radius 1 is 1.17 bits per heavy atom. The third kappa shape index (κ3) is 5.35. The molecule has 3 atom stereocenters. The molecule has 4 N–H and O–H groups in total. The summed E-state index contributed by atoms with van der Waals surface area (Å²) in [5.41, 5.74) is 8.03. The Bertz CT molecular complexity index is 1150. The van der Waals surface area contributed by atoms with Gasteiger partial charge in [-0.2, -0.15) is 0 Å². The molecule has 184 valence electrons. The molecule has 4 rings (SSSR count). The smallest absolute Gasteiger partial charge is 0.243 e. The first-order chi connectivity index (χ1) is 16.7. The molecule has 2 aliphatic rings. The number of allylic oxidation sites excluding steroid dienone is 1. The van der Waals surface area contributed by atoms with Crippen molar-refractivity contribution in [2.45, 2.75) is 38.8 Å². The van der Waals surface area contributed by atoms with Gasteiger partial charge >= 0.3 is 0 Å².